The van der Waals surface area contributed by atoms with Crippen LogP contribution in [0.25, 0.3) is 0 Å². The normalized spacial score (nSPS) is 16.1. The van der Waals surface area contributed by atoms with Gasteiger partial charge in [-0.2, -0.15) is 5.10 Å². The number of aryl methyl sites for hydroxylation is 3. The van der Waals surface area contributed by atoms with E-state index in [1.54, 1.807) is 15.8 Å². The van der Waals surface area contributed by atoms with E-state index in [1.807, 2.05) is 24.9 Å². The maximum absolute atomic E-state index is 12.7. The summed E-state index contributed by atoms with van der Waals surface area (Å²) in [6, 6.07) is 5.95. The van der Waals surface area contributed by atoms with Gasteiger partial charge in [0.2, 0.25) is 11.8 Å². The van der Waals surface area contributed by atoms with Crippen LogP contribution in [0, 0.1) is 20.8 Å². The summed E-state index contributed by atoms with van der Waals surface area (Å²) in [5.74, 6) is -0.0693. The van der Waals surface area contributed by atoms with Crippen LogP contribution in [0.4, 0.5) is 0 Å². The standard InChI is InChI=1S/C20H26N4O2/c1-14-7-15(2)9-18(8-14)12-22-5-6-23(13-19(22)25)20(26)17(4)24-11-16(3)10-21-24/h7-11,17H,5-6,12-13H2,1-4H3/t17-/m1/s1. The Morgan fingerprint density at radius 1 is 1.12 bits per heavy atom. The van der Waals surface area contributed by atoms with E-state index in [9.17, 15) is 9.59 Å². The summed E-state index contributed by atoms with van der Waals surface area (Å²) >= 11 is 0. The first-order valence-electron chi connectivity index (χ1n) is 8.98. The third-order valence-electron chi connectivity index (χ3n) is 4.77. The van der Waals surface area contributed by atoms with E-state index >= 15 is 0 Å². The third kappa shape index (κ3) is 3.95. The van der Waals surface area contributed by atoms with Gasteiger partial charge in [0.25, 0.3) is 0 Å². The van der Waals surface area contributed by atoms with Crippen LogP contribution in [0.1, 0.15) is 35.2 Å². The fraction of sp³-hybridized carbons (Fsp3) is 0.450. The van der Waals surface area contributed by atoms with Crippen LogP contribution in [0.15, 0.2) is 30.6 Å². The molecule has 1 atom stereocenters. The molecule has 0 saturated carbocycles. The largest absolute Gasteiger partial charge is 0.335 e. The van der Waals surface area contributed by atoms with Gasteiger partial charge < -0.3 is 9.80 Å². The van der Waals surface area contributed by atoms with Crippen LogP contribution in [-0.2, 0) is 16.1 Å². The number of nitrogens with zero attached hydrogens (tertiary/aromatic N) is 4. The number of aromatic nitrogens is 2. The fourth-order valence-corrected chi connectivity index (χ4v) is 3.47. The number of hydrogen-bond donors (Lipinski definition) is 0. The molecule has 2 aromatic rings. The summed E-state index contributed by atoms with van der Waals surface area (Å²) in [5.41, 5.74) is 4.55. The first-order chi connectivity index (χ1) is 12.3. The Morgan fingerprint density at radius 3 is 2.38 bits per heavy atom. The second-order valence-corrected chi connectivity index (χ2v) is 7.24. The Kier molecular flexibility index (Phi) is 5.11. The minimum Gasteiger partial charge on any atom is -0.335 e. The first-order valence-corrected chi connectivity index (χ1v) is 8.98. The van der Waals surface area contributed by atoms with Gasteiger partial charge in [-0.25, -0.2) is 0 Å². The van der Waals surface area contributed by atoms with Crippen molar-refractivity contribution in [2.24, 2.45) is 0 Å². The molecule has 26 heavy (non-hydrogen) atoms. The van der Waals surface area contributed by atoms with E-state index in [1.165, 1.54) is 11.1 Å². The molecule has 6 nitrogen and oxygen atoms in total. The van der Waals surface area contributed by atoms with Crippen molar-refractivity contribution in [2.45, 2.75) is 40.3 Å². The molecule has 1 aliphatic rings. The highest BCUT2D eigenvalue weighted by Gasteiger charge is 2.30. The van der Waals surface area contributed by atoms with Crippen molar-refractivity contribution in [3.8, 4) is 0 Å². The second kappa shape index (κ2) is 7.32. The monoisotopic (exact) mass is 354 g/mol. The van der Waals surface area contributed by atoms with E-state index in [0.717, 1.165) is 11.1 Å². The number of rotatable bonds is 4. The van der Waals surface area contributed by atoms with Crippen LogP contribution < -0.4 is 0 Å². The Bertz CT molecular complexity index is 807. The lowest BCUT2D eigenvalue weighted by molar-refractivity contribution is -0.147. The molecule has 2 amide bonds. The van der Waals surface area contributed by atoms with Crippen LogP contribution >= 0.6 is 0 Å². The molecule has 0 N–H and O–H groups in total. The molecule has 138 valence electrons. The maximum Gasteiger partial charge on any atom is 0.247 e. The summed E-state index contributed by atoms with van der Waals surface area (Å²) in [4.78, 5) is 28.7. The van der Waals surface area contributed by atoms with Crippen molar-refractivity contribution in [2.75, 3.05) is 19.6 Å². The zero-order valence-electron chi connectivity index (χ0n) is 15.9. The Morgan fingerprint density at radius 2 is 1.81 bits per heavy atom. The van der Waals surface area contributed by atoms with Gasteiger partial charge in [0, 0.05) is 25.8 Å². The Balaban J connectivity index is 1.62. The predicted molar refractivity (Wildman–Crippen MR) is 99.6 cm³/mol. The van der Waals surface area contributed by atoms with Crippen molar-refractivity contribution in [1.29, 1.82) is 0 Å². The van der Waals surface area contributed by atoms with Crippen LogP contribution in [-0.4, -0.2) is 51.0 Å². The van der Waals surface area contributed by atoms with Gasteiger partial charge >= 0.3 is 0 Å². The molecule has 0 bridgehead atoms. The minimum absolute atomic E-state index is 0.00685. The zero-order chi connectivity index (χ0) is 18.8. The van der Waals surface area contributed by atoms with Gasteiger partial charge in [-0.3, -0.25) is 14.3 Å². The van der Waals surface area contributed by atoms with Crippen molar-refractivity contribution < 1.29 is 9.59 Å². The van der Waals surface area contributed by atoms with E-state index in [2.05, 4.69) is 37.1 Å². The molecule has 1 saturated heterocycles. The molecule has 0 unspecified atom stereocenters. The molecule has 1 aliphatic heterocycles. The quantitative estimate of drug-likeness (QED) is 0.846. The molecular formula is C20H26N4O2. The number of piperazine rings is 1. The summed E-state index contributed by atoms with van der Waals surface area (Å²) in [7, 11) is 0. The molecular weight excluding hydrogens is 328 g/mol. The average Bonchev–Trinajstić information content (AvgIpc) is 3.01. The van der Waals surface area contributed by atoms with Gasteiger partial charge in [0.05, 0.1) is 12.7 Å². The number of benzene rings is 1. The van der Waals surface area contributed by atoms with Crippen molar-refractivity contribution in [3.05, 3.63) is 52.8 Å². The molecule has 1 aromatic heterocycles. The number of amides is 2. The molecule has 3 rings (SSSR count). The molecule has 0 spiro atoms. The van der Waals surface area contributed by atoms with Crippen molar-refractivity contribution >= 4 is 11.8 Å². The Labute approximate surface area is 154 Å². The lowest BCUT2D eigenvalue weighted by atomic mass is 10.1. The fourth-order valence-electron chi connectivity index (χ4n) is 3.47. The number of hydrogen-bond acceptors (Lipinski definition) is 3. The molecule has 2 heterocycles. The molecule has 0 aliphatic carbocycles. The van der Waals surface area contributed by atoms with E-state index in [0.29, 0.717) is 19.6 Å². The summed E-state index contributed by atoms with van der Waals surface area (Å²) in [6.45, 7) is 9.73. The molecule has 0 radical (unpaired) electrons. The average molecular weight is 354 g/mol. The third-order valence-corrected chi connectivity index (χ3v) is 4.77. The highest BCUT2D eigenvalue weighted by molar-refractivity contribution is 5.87. The lowest BCUT2D eigenvalue weighted by Gasteiger charge is -2.35. The highest BCUT2D eigenvalue weighted by Crippen LogP contribution is 2.16. The lowest BCUT2D eigenvalue weighted by Crippen LogP contribution is -2.53. The van der Waals surface area contributed by atoms with Gasteiger partial charge in [-0.05, 0) is 38.8 Å². The number of carbonyl (C=O) groups excluding carboxylic acids is 2. The van der Waals surface area contributed by atoms with Crippen LogP contribution in [0.5, 0.6) is 0 Å². The summed E-state index contributed by atoms with van der Waals surface area (Å²) < 4.78 is 1.66. The van der Waals surface area contributed by atoms with E-state index < -0.39 is 6.04 Å². The van der Waals surface area contributed by atoms with Gasteiger partial charge in [0.15, 0.2) is 0 Å². The number of carbonyl (C=O) groups is 2. The van der Waals surface area contributed by atoms with E-state index in [-0.39, 0.29) is 18.4 Å². The minimum atomic E-state index is -0.400. The maximum atomic E-state index is 12.7. The Hall–Kier alpha value is -2.63. The highest BCUT2D eigenvalue weighted by atomic mass is 16.2. The smallest absolute Gasteiger partial charge is 0.247 e. The molecule has 1 fully saturated rings. The predicted octanol–water partition coefficient (Wildman–Crippen LogP) is 2.24. The summed E-state index contributed by atoms with van der Waals surface area (Å²) in [5, 5.41) is 4.21. The second-order valence-electron chi connectivity index (χ2n) is 7.24. The van der Waals surface area contributed by atoms with Crippen molar-refractivity contribution in [3.63, 3.8) is 0 Å². The topological polar surface area (TPSA) is 58.4 Å². The SMILES string of the molecule is Cc1cc(C)cc(CN2CCN(C(=O)[C@@H](C)n3cc(C)cn3)CC2=O)c1. The van der Waals surface area contributed by atoms with Gasteiger partial charge in [-0.15, -0.1) is 0 Å². The summed E-state index contributed by atoms with van der Waals surface area (Å²) in [6.07, 6.45) is 3.58. The van der Waals surface area contributed by atoms with Gasteiger partial charge in [-0.1, -0.05) is 29.3 Å². The van der Waals surface area contributed by atoms with Crippen LogP contribution in [0.2, 0.25) is 0 Å². The van der Waals surface area contributed by atoms with Gasteiger partial charge in [0.1, 0.15) is 6.04 Å². The molecule has 1 aromatic carbocycles. The van der Waals surface area contributed by atoms with Crippen LogP contribution in [0.3, 0.4) is 0 Å². The zero-order valence-corrected chi connectivity index (χ0v) is 15.9. The van der Waals surface area contributed by atoms with Crippen molar-refractivity contribution in [1.82, 2.24) is 19.6 Å². The molecule has 6 heteroatoms. The first kappa shape index (κ1) is 18.2. The van der Waals surface area contributed by atoms with E-state index in [4.69, 9.17) is 0 Å².